The summed E-state index contributed by atoms with van der Waals surface area (Å²) in [7, 11) is 0. The number of carbonyl (C=O) groups is 1. The van der Waals surface area contributed by atoms with E-state index in [-0.39, 0.29) is 24.0 Å². The van der Waals surface area contributed by atoms with E-state index in [0.717, 1.165) is 0 Å². The number of furan rings is 1. The highest BCUT2D eigenvalue weighted by atomic mass is 35.5. The van der Waals surface area contributed by atoms with Gasteiger partial charge in [0.25, 0.3) is 0 Å². The van der Waals surface area contributed by atoms with Crippen molar-refractivity contribution in [3.05, 3.63) is 22.6 Å². The van der Waals surface area contributed by atoms with Crippen molar-refractivity contribution in [1.29, 1.82) is 0 Å². The predicted molar refractivity (Wildman–Crippen MR) is 51.2 cm³/mol. The smallest absolute Gasteiger partial charge is 0.211 e. The lowest BCUT2D eigenvalue weighted by Crippen LogP contribution is -2.12. The number of hydrogen-bond acceptors (Lipinski definition) is 3. The highest BCUT2D eigenvalue weighted by Gasteiger charge is 2.16. The van der Waals surface area contributed by atoms with E-state index in [1.807, 2.05) is 13.8 Å². The molecule has 2 N–H and O–H groups in total. The van der Waals surface area contributed by atoms with Gasteiger partial charge in [-0.15, -0.1) is 0 Å². The first kappa shape index (κ1) is 10.3. The fraction of sp³-hybridized carbons (Fsp3) is 0.444. The van der Waals surface area contributed by atoms with Crippen molar-refractivity contribution in [2.45, 2.75) is 19.8 Å². The molecule has 4 heteroatoms. The van der Waals surface area contributed by atoms with Gasteiger partial charge in [-0.2, -0.15) is 0 Å². The van der Waals surface area contributed by atoms with Crippen molar-refractivity contribution in [2.75, 3.05) is 6.54 Å². The van der Waals surface area contributed by atoms with Gasteiger partial charge in [-0.1, -0.05) is 25.4 Å². The van der Waals surface area contributed by atoms with Gasteiger partial charge in [0.05, 0.1) is 11.6 Å². The minimum Gasteiger partial charge on any atom is -0.456 e. The monoisotopic (exact) mass is 201 g/mol. The summed E-state index contributed by atoms with van der Waals surface area (Å²) in [5, 5.41) is 0.492. The standard InChI is InChI=1S/C9H12ClNO2/c1-5(2)9-6(10)3-8(13-9)7(12)4-11/h3,5H,4,11H2,1-2H3. The van der Waals surface area contributed by atoms with Crippen LogP contribution in [0.15, 0.2) is 10.5 Å². The summed E-state index contributed by atoms with van der Waals surface area (Å²) in [5.41, 5.74) is 5.19. The third kappa shape index (κ3) is 2.11. The molecule has 0 aromatic carbocycles. The zero-order valence-electron chi connectivity index (χ0n) is 7.63. The predicted octanol–water partition coefficient (Wildman–Crippen LogP) is 2.20. The van der Waals surface area contributed by atoms with Gasteiger partial charge in [-0.05, 0) is 0 Å². The Morgan fingerprint density at radius 1 is 1.69 bits per heavy atom. The number of halogens is 1. The highest BCUT2D eigenvalue weighted by Crippen LogP contribution is 2.27. The molecule has 1 aromatic rings. The van der Waals surface area contributed by atoms with Gasteiger partial charge in [-0.25, -0.2) is 0 Å². The zero-order chi connectivity index (χ0) is 10.0. The second kappa shape index (κ2) is 3.94. The molecule has 0 atom stereocenters. The van der Waals surface area contributed by atoms with Gasteiger partial charge in [0.2, 0.25) is 5.78 Å². The van der Waals surface area contributed by atoms with Crippen molar-refractivity contribution in [2.24, 2.45) is 5.73 Å². The molecule has 0 aliphatic rings. The molecule has 0 bridgehead atoms. The lowest BCUT2D eigenvalue weighted by atomic mass is 10.2. The minimum absolute atomic E-state index is 0.0542. The van der Waals surface area contributed by atoms with E-state index in [0.29, 0.717) is 10.8 Å². The number of nitrogens with two attached hydrogens (primary N) is 1. The Bertz CT molecular complexity index is 317. The van der Waals surface area contributed by atoms with E-state index < -0.39 is 0 Å². The molecular weight excluding hydrogens is 190 g/mol. The van der Waals surface area contributed by atoms with E-state index in [9.17, 15) is 4.79 Å². The van der Waals surface area contributed by atoms with Crippen LogP contribution in [0.3, 0.4) is 0 Å². The number of Topliss-reactive ketones (excluding diaryl/α,β-unsaturated/α-hetero) is 1. The lowest BCUT2D eigenvalue weighted by Gasteiger charge is -1.99. The normalized spacial score (nSPS) is 10.8. The number of carbonyl (C=O) groups excluding carboxylic acids is 1. The van der Waals surface area contributed by atoms with Crippen LogP contribution >= 0.6 is 11.6 Å². The molecule has 1 rings (SSSR count). The summed E-state index contributed by atoms with van der Waals surface area (Å²) in [6.45, 7) is 3.84. The summed E-state index contributed by atoms with van der Waals surface area (Å²) in [4.78, 5) is 11.1. The molecule has 13 heavy (non-hydrogen) atoms. The average Bonchev–Trinajstić information content (AvgIpc) is 2.46. The summed E-state index contributed by atoms with van der Waals surface area (Å²) in [6.07, 6.45) is 0. The quantitative estimate of drug-likeness (QED) is 0.763. The highest BCUT2D eigenvalue weighted by molar-refractivity contribution is 6.31. The first-order chi connectivity index (χ1) is 6.06. The van der Waals surface area contributed by atoms with Crippen LogP contribution in [0, 0.1) is 0 Å². The Hall–Kier alpha value is -0.800. The Labute approximate surface area is 81.9 Å². The van der Waals surface area contributed by atoms with E-state index in [1.165, 1.54) is 6.07 Å². The summed E-state index contributed by atoms with van der Waals surface area (Å²) in [6, 6.07) is 1.52. The van der Waals surface area contributed by atoms with Crippen molar-refractivity contribution in [3.8, 4) is 0 Å². The molecule has 0 radical (unpaired) electrons. The van der Waals surface area contributed by atoms with Gasteiger partial charge in [0, 0.05) is 12.0 Å². The summed E-state index contributed by atoms with van der Waals surface area (Å²) >= 11 is 5.85. The van der Waals surface area contributed by atoms with E-state index >= 15 is 0 Å². The fourth-order valence-corrected chi connectivity index (χ4v) is 1.37. The molecule has 0 aliphatic carbocycles. The Balaban J connectivity index is 3.02. The maximum Gasteiger partial charge on any atom is 0.211 e. The number of hydrogen-bond donors (Lipinski definition) is 1. The molecule has 0 aliphatic heterocycles. The molecule has 0 unspecified atom stereocenters. The van der Waals surface area contributed by atoms with Crippen molar-refractivity contribution in [1.82, 2.24) is 0 Å². The number of rotatable bonds is 3. The van der Waals surface area contributed by atoms with Gasteiger partial charge < -0.3 is 10.2 Å². The first-order valence-corrected chi connectivity index (χ1v) is 4.46. The van der Waals surface area contributed by atoms with Crippen LogP contribution in [0.4, 0.5) is 0 Å². The minimum atomic E-state index is -0.228. The van der Waals surface area contributed by atoms with Crippen molar-refractivity contribution < 1.29 is 9.21 Å². The van der Waals surface area contributed by atoms with Gasteiger partial charge in [0.1, 0.15) is 5.76 Å². The van der Waals surface area contributed by atoms with Crippen LogP contribution in [-0.2, 0) is 0 Å². The molecule has 1 aromatic heterocycles. The van der Waals surface area contributed by atoms with Crippen LogP contribution in [0.5, 0.6) is 0 Å². The maximum absolute atomic E-state index is 11.1. The van der Waals surface area contributed by atoms with Gasteiger partial charge >= 0.3 is 0 Å². The molecule has 72 valence electrons. The third-order valence-corrected chi connectivity index (χ3v) is 1.99. The molecule has 3 nitrogen and oxygen atoms in total. The molecule has 0 amide bonds. The van der Waals surface area contributed by atoms with E-state index in [1.54, 1.807) is 0 Å². The molecule has 1 heterocycles. The topological polar surface area (TPSA) is 56.2 Å². The van der Waals surface area contributed by atoms with Crippen LogP contribution < -0.4 is 5.73 Å². The third-order valence-electron chi connectivity index (χ3n) is 1.70. The average molecular weight is 202 g/mol. The Morgan fingerprint density at radius 2 is 2.31 bits per heavy atom. The van der Waals surface area contributed by atoms with Crippen LogP contribution in [0.2, 0.25) is 5.02 Å². The molecule has 0 saturated heterocycles. The molecular formula is C9H12ClNO2. The summed E-state index contributed by atoms with van der Waals surface area (Å²) < 4.78 is 5.27. The van der Waals surface area contributed by atoms with Crippen LogP contribution in [0.1, 0.15) is 36.1 Å². The largest absolute Gasteiger partial charge is 0.456 e. The SMILES string of the molecule is CC(C)c1oc(C(=O)CN)cc1Cl. The fourth-order valence-electron chi connectivity index (χ4n) is 1.01. The van der Waals surface area contributed by atoms with Crippen molar-refractivity contribution in [3.63, 3.8) is 0 Å². The van der Waals surface area contributed by atoms with E-state index in [4.69, 9.17) is 21.8 Å². The second-order valence-corrected chi connectivity index (χ2v) is 3.51. The zero-order valence-corrected chi connectivity index (χ0v) is 8.39. The Morgan fingerprint density at radius 3 is 2.69 bits per heavy atom. The molecule has 0 fully saturated rings. The van der Waals surface area contributed by atoms with Crippen molar-refractivity contribution >= 4 is 17.4 Å². The van der Waals surface area contributed by atoms with Gasteiger partial charge in [-0.3, -0.25) is 4.79 Å². The summed E-state index contributed by atoms with van der Waals surface area (Å²) in [5.74, 6) is 0.829. The van der Waals surface area contributed by atoms with Gasteiger partial charge in [0.15, 0.2) is 5.76 Å². The maximum atomic E-state index is 11.1. The number of ketones is 1. The second-order valence-electron chi connectivity index (χ2n) is 3.10. The first-order valence-electron chi connectivity index (χ1n) is 4.08. The van der Waals surface area contributed by atoms with E-state index in [2.05, 4.69) is 0 Å². The molecule has 0 spiro atoms. The Kier molecular flexibility index (Phi) is 3.12. The van der Waals surface area contributed by atoms with Crippen LogP contribution in [0.25, 0.3) is 0 Å². The van der Waals surface area contributed by atoms with Crippen LogP contribution in [-0.4, -0.2) is 12.3 Å². The molecule has 0 saturated carbocycles. The lowest BCUT2D eigenvalue weighted by molar-refractivity contribution is 0.0973.